The van der Waals surface area contributed by atoms with Crippen LogP contribution in [-0.4, -0.2) is 18.1 Å². The van der Waals surface area contributed by atoms with Gasteiger partial charge in [-0.1, -0.05) is 53.5 Å². The molecule has 0 amide bonds. The standard InChI is InChI=1S/C23H22Cl2N2O/c24-20-6-7-22(18(11-20)10-16-4-2-1-3-5-16)28-23(17-8-9-26-13-17)19-12-21(25)15-27-14-19/h1-7,11-12,14-15,17,23,26H,8-10,13H2/t17-,23+/m1/s1. The molecule has 1 saturated heterocycles. The molecule has 1 aliphatic heterocycles. The maximum atomic E-state index is 6.60. The molecule has 0 bridgehead atoms. The van der Waals surface area contributed by atoms with Gasteiger partial charge in [0.25, 0.3) is 0 Å². The molecule has 1 aromatic heterocycles. The Hall–Kier alpha value is -2.07. The van der Waals surface area contributed by atoms with Crippen molar-refractivity contribution < 1.29 is 4.74 Å². The summed E-state index contributed by atoms with van der Waals surface area (Å²) in [7, 11) is 0. The van der Waals surface area contributed by atoms with Gasteiger partial charge in [-0.2, -0.15) is 0 Å². The molecule has 0 radical (unpaired) electrons. The highest BCUT2D eigenvalue weighted by Crippen LogP contribution is 2.35. The van der Waals surface area contributed by atoms with Gasteiger partial charge in [-0.15, -0.1) is 0 Å². The predicted molar refractivity (Wildman–Crippen MR) is 114 cm³/mol. The van der Waals surface area contributed by atoms with Crippen molar-refractivity contribution >= 4 is 23.2 Å². The van der Waals surface area contributed by atoms with Gasteiger partial charge < -0.3 is 10.1 Å². The summed E-state index contributed by atoms with van der Waals surface area (Å²) in [6.07, 6.45) is 5.20. The summed E-state index contributed by atoms with van der Waals surface area (Å²) in [5.74, 6) is 1.21. The van der Waals surface area contributed by atoms with Crippen molar-refractivity contribution in [3.8, 4) is 5.75 Å². The van der Waals surface area contributed by atoms with Crippen molar-refractivity contribution in [3.05, 3.63) is 93.7 Å². The molecule has 1 fully saturated rings. The molecule has 4 rings (SSSR count). The van der Waals surface area contributed by atoms with Crippen LogP contribution in [0.1, 0.15) is 29.2 Å². The molecule has 28 heavy (non-hydrogen) atoms. The highest BCUT2D eigenvalue weighted by molar-refractivity contribution is 6.30. The number of nitrogens with zero attached hydrogens (tertiary/aromatic N) is 1. The summed E-state index contributed by atoms with van der Waals surface area (Å²) in [4.78, 5) is 4.27. The van der Waals surface area contributed by atoms with Gasteiger partial charge in [0.05, 0.1) is 5.02 Å². The number of nitrogens with one attached hydrogen (secondary N) is 1. The van der Waals surface area contributed by atoms with E-state index in [-0.39, 0.29) is 6.10 Å². The summed E-state index contributed by atoms with van der Waals surface area (Å²) >= 11 is 12.5. The first-order chi connectivity index (χ1) is 13.7. The van der Waals surface area contributed by atoms with Crippen LogP contribution in [0.3, 0.4) is 0 Å². The normalized spacial score (nSPS) is 17.4. The van der Waals surface area contributed by atoms with E-state index in [0.29, 0.717) is 16.0 Å². The van der Waals surface area contributed by atoms with E-state index in [2.05, 4.69) is 22.4 Å². The van der Waals surface area contributed by atoms with Crippen LogP contribution in [0.4, 0.5) is 0 Å². The van der Waals surface area contributed by atoms with E-state index < -0.39 is 0 Å². The lowest BCUT2D eigenvalue weighted by Gasteiger charge is -2.26. The molecule has 0 unspecified atom stereocenters. The topological polar surface area (TPSA) is 34.1 Å². The van der Waals surface area contributed by atoms with Crippen LogP contribution in [0.15, 0.2) is 67.0 Å². The molecule has 5 heteroatoms. The van der Waals surface area contributed by atoms with Gasteiger partial charge in [0.1, 0.15) is 11.9 Å². The van der Waals surface area contributed by atoms with E-state index in [1.54, 1.807) is 6.20 Å². The maximum Gasteiger partial charge on any atom is 0.129 e. The molecule has 2 heterocycles. The van der Waals surface area contributed by atoms with E-state index in [4.69, 9.17) is 27.9 Å². The van der Waals surface area contributed by atoms with E-state index >= 15 is 0 Å². The van der Waals surface area contributed by atoms with Crippen LogP contribution in [0.2, 0.25) is 10.0 Å². The summed E-state index contributed by atoms with van der Waals surface area (Å²) in [5, 5.41) is 4.76. The molecule has 2 atom stereocenters. The number of benzene rings is 2. The summed E-state index contributed by atoms with van der Waals surface area (Å²) in [6, 6.07) is 18.1. The lowest BCUT2D eigenvalue weighted by atomic mass is 9.95. The van der Waals surface area contributed by atoms with Crippen molar-refractivity contribution in [3.63, 3.8) is 0 Å². The van der Waals surface area contributed by atoms with Gasteiger partial charge in [0.15, 0.2) is 0 Å². The minimum atomic E-state index is -0.114. The predicted octanol–water partition coefficient (Wildman–Crippen LogP) is 5.71. The van der Waals surface area contributed by atoms with Gasteiger partial charge in [-0.05, 0) is 42.8 Å². The van der Waals surface area contributed by atoms with Gasteiger partial charge in [0.2, 0.25) is 0 Å². The summed E-state index contributed by atoms with van der Waals surface area (Å²) < 4.78 is 6.60. The molecule has 1 N–H and O–H groups in total. The monoisotopic (exact) mass is 412 g/mol. The molecule has 3 nitrogen and oxygen atoms in total. The fraction of sp³-hybridized carbons (Fsp3) is 0.261. The number of hydrogen-bond donors (Lipinski definition) is 1. The van der Waals surface area contributed by atoms with Gasteiger partial charge in [-0.3, -0.25) is 4.98 Å². The number of halogens is 2. The van der Waals surface area contributed by atoms with Crippen LogP contribution in [0, 0.1) is 5.92 Å². The fourth-order valence-electron chi connectivity index (χ4n) is 3.71. The Morgan fingerprint density at radius 2 is 1.89 bits per heavy atom. The van der Waals surface area contributed by atoms with E-state index in [1.807, 2.05) is 48.7 Å². The average Bonchev–Trinajstić information content (AvgIpc) is 3.23. The lowest BCUT2D eigenvalue weighted by molar-refractivity contribution is 0.143. The second kappa shape index (κ2) is 8.95. The van der Waals surface area contributed by atoms with Crippen molar-refractivity contribution in [1.29, 1.82) is 0 Å². The Morgan fingerprint density at radius 3 is 2.64 bits per heavy atom. The van der Waals surface area contributed by atoms with Gasteiger partial charge >= 0.3 is 0 Å². The third kappa shape index (κ3) is 4.67. The quantitative estimate of drug-likeness (QED) is 0.562. The number of aromatic nitrogens is 1. The minimum absolute atomic E-state index is 0.114. The zero-order valence-electron chi connectivity index (χ0n) is 15.4. The van der Waals surface area contributed by atoms with Crippen molar-refractivity contribution in [1.82, 2.24) is 10.3 Å². The fourth-order valence-corrected chi connectivity index (χ4v) is 4.09. The largest absolute Gasteiger partial charge is 0.485 e. The molecule has 0 spiro atoms. The first-order valence-electron chi connectivity index (χ1n) is 9.49. The first kappa shape index (κ1) is 19.3. The van der Waals surface area contributed by atoms with Crippen LogP contribution in [0.25, 0.3) is 0 Å². The van der Waals surface area contributed by atoms with Crippen LogP contribution in [0.5, 0.6) is 5.75 Å². The molecule has 0 aliphatic carbocycles. The molecular weight excluding hydrogens is 391 g/mol. The van der Waals surface area contributed by atoms with E-state index in [9.17, 15) is 0 Å². The van der Waals surface area contributed by atoms with Crippen LogP contribution < -0.4 is 10.1 Å². The van der Waals surface area contributed by atoms with E-state index in [0.717, 1.165) is 42.8 Å². The van der Waals surface area contributed by atoms with Crippen molar-refractivity contribution in [2.24, 2.45) is 5.92 Å². The maximum absolute atomic E-state index is 6.60. The second-order valence-electron chi connectivity index (χ2n) is 7.14. The Morgan fingerprint density at radius 1 is 1.04 bits per heavy atom. The smallest absolute Gasteiger partial charge is 0.129 e. The zero-order chi connectivity index (χ0) is 19.3. The SMILES string of the molecule is Clc1cncc([C@@H](Oc2ccc(Cl)cc2Cc2ccccc2)[C@@H]2CCNC2)c1. The minimum Gasteiger partial charge on any atom is -0.485 e. The zero-order valence-corrected chi connectivity index (χ0v) is 17.0. The molecule has 0 saturated carbocycles. The molecule has 2 aromatic carbocycles. The van der Waals surface area contributed by atoms with Crippen LogP contribution in [-0.2, 0) is 6.42 Å². The van der Waals surface area contributed by atoms with Gasteiger partial charge in [-0.25, -0.2) is 0 Å². The molecular formula is C23H22Cl2N2O. The third-order valence-corrected chi connectivity index (χ3v) is 5.54. The summed E-state index contributed by atoms with van der Waals surface area (Å²) in [5.41, 5.74) is 3.30. The number of pyridine rings is 1. The Labute approximate surface area is 175 Å². The van der Waals surface area contributed by atoms with E-state index in [1.165, 1.54) is 5.56 Å². The number of hydrogen-bond acceptors (Lipinski definition) is 3. The second-order valence-corrected chi connectivity index (χ2v) is 8.02. The van der Waals surface area contributed by atoms with Crippen LogP contribution >= 0.6 is 23.2 Å². The molecule has 144 valence electrons. The lowest BCUT2D eigenvalue weighted by Crippen LogP contribution is -2.22. The average molecular weight is 413 g/mol. The Kier molecular flexibility index (Phi) is 6.16. The summed E-state index contributed by atoms with van der Waals surface area (Å²) in [6.45, 7) is 1.91. The highest BCUT2D eigenvalue weighted by Gasteiger charge is 2.29. The van der Waals surface area contributed by atoms with Gasteiger partial charge in [0, 0.05) is 47.4 Å². The molecule has 1 aliphatic rings. The number of ether oxygens (including phenoxy) is 1. The third-order valence-electron chi connectivity index (χ3n) is 5.10. The molecule has 3 aromatic rings. The Balaban J connectivity index is 1.66. The van der Waals surface area contributed by atoms with Crippen molar-refractivity contribution in [2.45, 2.75) is 18.9 Å². The first-order valence-corrected chi connectivity index (χ1v) is 10.2. The number of rotatable bonds is 6. The highest BCUT2D eigenvalue weighted by atomic mass is 35.5. The van der Waals surface area contributed by atoms with Crippen molar-refractivity contribution in [2.75, 3.05) is 13.1 Å². The Bertz CT molecular complexity index is 927.